The third-order valence-electron chi connectivity index (χ3n) is 6.89. The first-order valence-electron chi connectivity index (χ1n) is 11.1. The molecule has 3 aliphatic rings. The quantitative estimate of drug-likeness (QED) is 0.522. The Morgan fingerprint density at radius 2 is 2.20 bits per heavy atom. The number of hydrogen-bond acceptors (Lipinski definition) is 3. The van der Waals surface area contributed by atoms with E-state index in [1.807, 2.05) is 35.4 Å². The summed E-state index contributed by atoms with van der Waals surface area (Å²) in [7, 11) is 0. The third-order valence-corrected chi connectivity index (χ3v) is 6.89. The number of amides is 2. The molecule has 1 aromatic carbocycles. The summed E-state index contributed by atoms with van der Waals surface area (Å²) in [5, 5.41) is 4.23. The first-order valence-corrected chi connectivity index (χ1v) is 11.1. The van der Waals surface area contributed by atoms with Gasteiger partial charge in [0.15, 0.2) is 0 Å². The monoisotopic (exact) mass is 407 g/mol. The van der Waals surface area contributed by atoms with Crippen molar-refractivity contribution < 1.29 is 14.3 Å². The van der Waals surface area contributed by atoms with E-state index in [0.29, 0.717) is 19.6 Å². The Morgan fingerprint density at radius 3 is 3.07 bits per heavy atom. The molecule has 4 atom stereocenters. The van der Waals surface area contributed by atoms with Gasteiger partial charge in [0.25, 0.3) is 0 Å². The number of aromatic amines is 1. The van der Waals surface area contributed by atoms with Crippen LogP contribution in [0.1, 0.15) is 31.7 Å². The Labute approximate surface area is 176 Å². The molecular formula is C24H29N3O3. The molecule has 1 spiro atoms. The normalized spacial score (nSPS) is 29.2. The van der Waals surface area contributed by atoms with Gasteiger partial charge in [-0.25, -0.2) is 0 Å². The lowest BCUT2D eigenvalue weighted by Crippen LogP contribution is -2.44. The summed E-state index contributed by atoms with van der Waals surface area (Å²) in [5.41, 5.74) is 1.69. The van der Waals surface area contributed by atoms with Crippen molar-refractivity contribution in [3.63, 3.8) is 0 Å². The predicted octanol–water partition coefficient (Wildman–Crippen LogP) is 2.80. The number of benzene rings is 1. The van der Waals surface area contributed by atoms with Crippen molar-refractivity contribution in [2.75, 3.05) is 19.6 Å². The van der Waals surface area contributed by atoms with E-state index in [0.717, 1.165) is 31.2 Å². The maximum absolute atomic E-state index is 13.3. The highest BCUT2D eigenvalue weighted by atomic mass is 16.5. The Bertz CT molecular complexity index is 996. The lowest BCUT2D eigenvalue weighted by Gasteiger charge is -2.23. The maximum Gasteiger partial charge on any atom is 0.230 e. The molecule has 1 aromatic heterocycles. The van der Waals surface area contributed by atoms with Crippen molar-refractivity contribution in [3.05, 3.63) is 48.2 Å². The van der Waals surface area contributed by atoms with Crippen LogP contribution in [0.4, 0.5) is 0 Å². The number of aromatic nitrogens is 1. The summed E-state index contributed by atoms with van der Waals surface area (Å²) in [4.78, 5) is 31.4. The molecular weight excluding hydrogens is 378 g/mol. The number of unbranched alkanes of at least 4 members (excludes halogenated alkanes) is 2. The van der Waals surface area contributed by atoms with E-state index in [1.54, 1.807) is 0 Å². The number of hydrogen-bond donors (Lipinski definition) is 2. The molecule has 158 valence electrons. The van der Waals surface area contributed by atoms with Gasteiger partial charge in [-0.05, 0) is 24.5 Å². The first kappa shape index (κ1) is 19.4. The fourth-order valence-corrected chi connectivity index (χ4v) is 5.37. The molecule has 2 aromatic rings. The van der Waals surface area contributed by atoms with Gasteiger partial charge in [-0.15, -0.1) is 0 Å². The summed E-state index contributed by atoms with van der Waals surface area (Å²) in [6.45, 7) is 3.97. The summed E-state index contributed by atoms with van der Waals surface area (Å²) in [6, 6.07) is 8.21. The van der Waals surface area contributed by atoms with Crippen molar-refractivity contribution in [2.45, 2.75) is 44.3 Å². The number of fused-ring (bicyclic) bond motifs is 2. The van der Waals surface area contributed by atoms with Crippen LogP contribution in [0.2, 0.25) is 0 Å². The molecule has 0 radical (unpaired) electrons. The van der Waals surface area contributed by atoms with Gasteiger partial charge in [-0.3, -0.25) is 9.59 Å². The number of H-pyrrole nitrogens is 1. The Morgan fingerprint density at radius 1 is 1.33 bits per heavy atom. The van der Waals surface area contributed by atoms with Crippen molar-refractivity contribution in [1.29, 1.82) is 0 Å². The van der Waals surface area contributed by atoms with Crippen LogP contribution in [0.3, 0.4) is 0 Å². The molecule has 0 unspecified atom stereocenters. The lowest BCUT2D eigenvalue weighted by molar-refractivity contribution is -0.137. The van der Waals surface area contributed by atoms with Gasteiger partial charge in [0.2, 0.25) is 11.8 Å². The molecule has 30 heavy (non-hydrogen) atoms. The number of nitrogens with zero attached hydrogens (tertiary/aromatic N) is 1. The van der Waals surface area contributed by atoms with Crippen LogP contribution < -0.4 is 5.32 Å². The minimum atomic E-state index is -0.632. The van der Waals surface area contributed by atoms with E-state index in [1.165, 1.54) is 10.9 Å². The first-order chi connectivity index (χ1) is 14.6. The second-order valence-electron chi connectivity index (χ2n) is 8.77. The molecule has 3 aliphatic heterocycles. The molecule has 2 bridgehead atoms. The van der Waals surface area contributed by atoms with Crippen molar-refractivity contribution in [2.24, 2.45) is 11.8 Å². The fraction of sp³-hybridized carbons (Fsp3) is 0.500. The number of likely N-dealkylation sites (tertiary alicyclic amines) is 1. The number of nitrogens with one attached hydrogen (secondary N) is 2. The van der Waals surface area contributed by atoms with Crippen LogP contribution in [0.25, 0.3) is 10.9 Å². The highest BCUT2D eigenvalue weighted by Crippen LogP contribution is 2.51. The van der Waals surface area contributed by atoms with Crippen LogP contribution in [-0.2, 0) is 20.7 Å². The lowest BCUT2D eigenvalue weighted by atomic mass is 9.77. The Hall–Kier alpha value is -2.60. The van der Waals surface area contributed by atoms with Crippen LogP contribution >= 0.6 is 0 Å². The van der Waals surface area contributed by atoms with Gasteiger partial charge >= 0.3 is 0 Å². The average molecular weight is 408 g/mol. The standard InChI is InChI=1S/C24H29N3O3/c1-2-3-6-12-25-22(28)20-19-9-11-24(30-19)15-27(23(29)21(20)24)13-10-16-14-26-18-8-5-4-7-17(16)18/h4-5,7-9,11,14,19-21,26H,2-3,6,10,12-13,15H2,1H3,(H,25,28)/t19-,20-,21+,24-/m1/s1. The largest absolute Gasteiger partial charge is 0.361 e. The minimum absolute atomic E-state index is 0.0424. The Balaban J connectivity index is 1.27. The molecule has 2 saturated heterocycles. The number of para-hydroxylation sites is 1. The van der Waals surface area contributed by atoms with Gasteiger partial charge < -0.3 is 19.9 Å². The van der Waals surface area contributed by atoms with E-state index in [-0.39, 0.29) is 17.9 Å². The Kier molecular flexibility index (Phi) is 4.89. The topological polar surface area (TPSA) is 74.4 Å². The van der Waals surface area contributed by atoms with Crippen LogP contribution in [0, 0.1) is 11.8 Å². The SMILES string of the molecule is CCCCCNC(=O)[C@H]1[C@H]2C(=O)N(CCc3c[nH]c4ccccc34)C[C@]23C=C[C@H]1O3. The van der Waals surface area contributed by atoms with Gasteiger partial charge in [0.05, 0.1) is 24.5 Å². The zero-order valence-corrected chi connectivity index (χ0v) is 17.4. The van der Waals surface area contributed by atoms with Crippen molar-refractivity contribution in [3.8, 4) is 0 Å². The molecule has 2 N–H and O–H groups in total. The number of carbonyl (C=O) groups is 2. The molecule has 2 amide bonds. The summed E-state index contributed by atoms with van der Waals surface area (Å²) in [5.74, 6) is -0.807. The van der Waals surface area contributed by atoms with Gasteiger partial charge in [0, 0.05) is 30.2 Å². The maximum atomic E-state index is 13.3. The van der Waals surface area contributed by atoms with E-state index >= 15 is 0 Å². The third kappa shape index (κ3) is 3.05. The number of ether oxygens (including phenoxy) is 1. The molecule has 4 heterocycles. The molecule has 0 aliphatic carbocycles. The van der Waals surface area contributed by atoms with Crippen molar-refractivity contribution in [1.82, 2.24) is 15.2 Å². The predicted molar refractivity (Wildman–Crippen MR) is 115 cm³/mol. The van der Waals surface area contributed by atoms with Crippen LogP contribution in [-0.4, -0.2) is 53.0 Å². The highest BCUT2D eigenvalue weighted by Gasteiger charge is 2.66. The molecule has 2 fully saturated rings. The van der Waals surface area contributed by atoms with Gasteiger partial charge in [0.1, 0.15) is 5.60 Å². The highest BCUT2D eigenvalue weighted by molar-refractivity contribution is 5.93. The van der Waals surface area contributed by atoms with Crippen LogP contribution in [0.15, 0.2) is 42.6 Å². The van der Waals surface area contributed by atoms with E-state index in [9.17, 15) is 9.59 Å². The van der Waals surface area contributed by atoms with Crippen molar-refractivity contribution >= 4 is 22.7 Å². The zero-order chi connectivity index (χ0) is 20.7. The number of carbonyl (C=O) groups excluding carboxylic acids is 2. The number of rotatable bonds is 8. The average Bonchev–Trinajstić information content (AvgIpc) is 3.49. The summed E-state index contributed by atoms with van der Waals surface area (Å²) in [6.07, 6.45) is 9.70. The molecule has 6 heteroatoms. The van der Waals surface area contributed by atoms with Crippen LogP contribution in [0.5, 0.6) is 0 Å². The fourth-order valence-electron chi connectivity index (χ4n) is 5.37. The van der Waals surface area contributed by atoms with Gasteiger partial charge in [-0.1, -0.05) is 50.1 Å². The molecule has 5 rings (SSSR count). The summed E-state index contributed by atoms with van der Waals surface area (Å²) < 4.78 is 6.21. The molecule has 6 nitrogen and oxygen atoms in total. The summed E-state index contributed by atoms with van der Waals surface area (Å²) >= 11 is 0. The second-order valence-corrected chi connectivity index (χ2v) is 8.77. The van der Waals surface area contributed by atoms with E-state index in [2.05, 4.69) is 29.4 Å². The second kappa shape index (κ2) is 7.58. The van der Waals surface area contributed by atoms with E-state index in [4.69, 9.17) is 4.74 Å². The van der Waals surface area contributed by atoms with Gasteiger partial charge in [-0.2, -0.15) is 0 Å². The zero-order valence-electron chi connectivity index (χ0n) is 17.4. The van der Waals surface area contributed by atoms with E-state index < -0.39 is 17.4 Å². The minimum Gasteiger partial charge on any atom is -0.361 e. The molecule has 0 saturated carbocycles. The smallest absolute Gasteiger partial charge is 0.230 e.